The number of nitrogens with zero attached hydrogens (tertiary/aromatic N) is 3. The van der Waals surface area contributed by atoms with E-state index in [1.807, 2.05) is 50.3 Å². The van der Waals surface area contributed by atoms with E-state index in [9.17, 15) is 9.90 Å². The van der Waals surface area contributed by atoms with E-state index in [1.54, 1.807) is 4.68 Å². The predicted octanol–water partition coefficient (Wildman–Crippen LogP) is 2.83. The van der Waals surface area contributed by atoms with Crippen molar-refractivity contribution in [1.29, 1.82) is 0 Å². The van der Waals surface area contributed by atoms with Crippen molar-refractivity contribution in [3.05, 3.63) is 46.8 Å². The van der Waals surface area contributed by atoms with Crippen LogP contribution >= 0.6 is 0 Å². The second-order valence-electron chi connectivity index (χ2n) is 6.86. The topological polar surface area (TPSA) is 70.4 Å². The number of hydrogen-bond donors (Lipinski definition) is 2. The van der Waals surface area contributed by atoms with Crippen LogP contribution in [0.4, 0.5) is 4.79 Å². The summed E-state index contributed by atoms with van der Waals surface area (Å²) in [7, 11) is 1.89. The molecule has 1 aromatic carbocycles. The van der Waals surface area contributed by atoms with Crippen LogP contribution in [0.15, 0.2) is 24.5 Å². The summed E-state index contributed by atoms with van der Waals surface area (Å²) in [5, 5.41) is 17.1. The van der Waals surface area contributed by atoms with Crippen molar-refractivity contribution < 1.29 is 9.90 Å². The third-order valence-electron chi connectivity index (χ3n) is 4.86. The van der Waals surface area contributed by atoms with E-state index < -0.39 is 0 Å². The number of urea groups is 1. The van der Waals surface area contributed by atoms with Crippen molar-refractivity contribution in [3.8, 4) is 5.75 Å². The molecule has 0 aliphatic carbocycles. The van der Waals surface area contributed by atoms with E-state index in [0.29, 0.717) is 12.3 Å². The highest BCUT2D eigenvalue weighted by Crippen LogP contribution is 2.31. The number of carbonyl (C=O) groups excluding carboxylic acids is 1. The summed E-state index contributed by atoms with van der Waals surface area (Å²) in [4.78, 5) is 14.5. The zero-order valence-corrected chi connectivity index (χ0v) is 15.1. The van der Waals surface area contributed by atoms with Crippen molar-refractivity contribution in [1.82, 2.24) is 20.0 Å². The molecule has 1 saturated heterocycles. The number of likely N-dealkylation sites (tertiary alicyclic amines) is 1. The highest BCUT2D eigenvalue weighted by Gasteiger charge is 2.30. The molecule has 6 nitrogen and oxygen atoms in total. The van der Waals surface area contributed by atoms with Crippen LogP contribution in [0.1, 0.15) is 41.1 Å². The molecule has 25 heavy (non-hydrogen) atoms. The Kier molecular flexibility index (Phi) is 4.97. The lowest BCUT2D eigenvalue weighted by atomic mass is 10.0. The summed E-state index contributed by atoms with van der Waals surface area (Å²) in [6.45, 7) is 5.15. The van der Waals surface area contributed by atoms with Crippen molar-refractivity contribution in [3.63, 3.8) is 0 Å². The van der Waals surface area contributed by atoms with E-state index in [4.69, 9.17) is 0 Å². The molecule has 0 unspecified atom stereocenters. The van der Waals surface area contributed by atoms with Gasteiger partial charge in [-0.05, 0) is 49.8 Å². The van der Waals surface area contributed by atoms with Gasteiger partial charge in [0.05, 0.1) is 12.2 Å². The summed E-state index contributed by atoms with van der Waals surface area (Å²) in [6.07, 6.45) is 6.58. The Morgan fingerprint density at radius 3 is 2.72 bits per heavy atom. The summed E-state index contributed by atoms with van der Waals surface area (Å²) >= 11 is 0. The van der Waals surface area contributed by atoms with Gasteiger partial charge < -0.3 is 15.3 Å². The Bertz CT molecular complexity index is 746. The Morgan fingerprint density at radius 1 is 1.36 bits per heavy atom. The third-order valence-corrected chi connectivity index (χ3v) is 4.86. The molecule has 1 aromatic heterocycles. The maximum atomic E-state index is 12.6. The van der Waals surface area contributed by atoms with Crippen LogP contribution in [-0.2, 0) is 13.5 Å². The second-order valence-corrected chi connectivity index (χ2v) is 6.86. The maximum absolute atomic E-state index is 12.6. The number of rotatable bonds is 4. The quantitative estimate of drug-likeness (QED) is 0.897. The summed E-state index contributed by atoms with van der Waals surface area (Å²) in [5.41, 5.74) is 3.97. The summed E-state index contributed by atoms with van der Waals surface area (Å²) in [5.74, 6) is 0.351. The molecule has 2 N–H and O–H groups in total. The average molecular weight is 342 g/mol. The first kappa shape index (κ1) is 17.3. The van der Waals surface area contributed by atoms with Crippen molar-refractivity contribution in [2.75, 3.05) is 13.1 Å². The Balaban J connectivity index is 1.57. The van der Waals surface area contributed by atoms with Crippen molar-refractivity contribution in [2.24, 2.45) is 7.05 Å². The Morgan fingerprint density at radius 2 is 2.08 bits per heavy atom. The molecule has 1 aliphatic heterocycles. The molecular formula is C19H26N4O2. The lowest BCUT2D eigenvalue weighted by Crippen LogP contribution is -2.40. The SMILES string of the molecule is Cc1cc(CCNC(=O)N2CCC[C@H]2c2cnn(C)c2)cc(C)c1O. The first-order valence-electron chi connectivity index (χ1n) is 8.78. The first-order chi connectivity index (χ1) is 12.0. The van der Waals surface area contributed by atoms with Crippen LogP contribution < -0.4 is 5.32 Å². The van der Waals surface area contributed by atoms with Gasteiger partial charge in [0.15, 0.2) is 0 Å². The van der Waals surface area contributed by atoms with Crippen LogP contribution in [0.3, 0.4) is 0 Å². The number of aromatic hydroxyl groups is 1. The van der Waals surface area contributed by atoms with Gasteiger partial charge in [0.1, 0.15) is 5.75 Å². The fraction of sp³-hybridized carbons (Fsp3) is 0.474. The van der Waals surface area contributed by atoms with Crippen LogP contribution in [0.2, 0.25) is 0 Å². The number of nitrogens with one attached hydrogen (secondary N) is 1. The standard InChI is InChI=1S/C19H26N4O2/c1-13-9-15(10-14(2)18(13)24)6-7-20-19(25)23-8-4-5-17(23)16-11-21-22(3)12-16/h9-12,17,24H,4-8H2,1-3H3,(H,20,25)/t17-/m0/s1. The van der Waals surface area contributed by atoms with Gasteiger partial charge >= 0.3 is 6.03 Å². The van der Waals surface area contributed by atoms with E-state index in [0.717, 1.165) is 48.1 Å². The van der Waals surface area contributed by atoms with Gasteiger partial charge in [-0.15, -0.1) is 0 Å². The van der Waals surface area contributed by atoms with Crippen LogP contribution in [0.25, 0.3) is 0 Å². The average Bonchev–Trinajstić information content (AvgIpc) is 3.20. The lowest BCUT2D eigenvalue weighted by molar-refractivity contribution is 0.193. The van der Waals surface area contributed by atoms with E-state index >= 15 is 0 Å². The van der Waals surface area contributed by atoms with Gasteiger partial charge in [-0.3, -0.25) is 4.68 Å². The molecule has 2 heterocycles. The van der Waals surface area contributed by atoms with Gasteiger partial charge in [-0.1, -0.05) is 12.1 Å². The fourth-order valence-electron chi connectivity index (χ4n) is 3.57. The van der Waals surface area contributed by atoms with Gasteiger partial charge in [-0.25, -0.2) is 4.79 Å². The molecule has 6 heteroatoms. The number of phenols is 1. The number of benzene rings is 1. The number of aryl methyl sites for hydroxylation is 3. The zero-order valence-electron chi connectivity index (χ0n) is 15.1. The normalized spacial score (nSPS) is 17.1. The zero-order chi connectivity index (χ0) is 18.0. The fourth-order valence-corrected chi connectivity index (χ4v) is 3.57. The molecule has 1 fully saturated rings. The number of phenolic OH excluding ortho intramolecular Hbond substituents is 1. The number of hydrogen-bond acceptors (Lipinski definition) is 3. The third kappa shape index (κ3) is 3.78. The maximum Gasteiger partial charge on any atom is 0.317 e. The molecule has 0 saturated carbocycles. The van der Waals surface area contributed by atoms with Crippen LogP contribution in [0, 0.1) is 13.8 Å². The molecule has 1 aliphatic rings. The number of amides is 2. The Hall–Kier alpha value is -2.50. The highest BCUT2D eigenvalue weighted by atomic mass is 16.3. The van der Waals surface area contributed by atoms with Crippen molar-refractivity contribution in [2.45, 2.75) is 39.2 Å². The highest BCUT2D eigenvalue weighted by molar-refractivity contribution is 5.75. The second kappa shape index (κ2) is 7.17. The molecule has 0 spiro atoms. The molecule has 1 atom stereocenters. The number of carbonyl (C=O) groups is 1. The van der Waals surface area contributed by atoms with Gasteiger partial charge in [0.25, 0.3) is 0 Å². The molecule has 0 bridgehead atoms. The summed E-state index contributed by atoms with van der Waals surface area (Å²) < 4.78 is 1.78. The monoisotopic (exact) mass is 342 g/mol. The lowest BCUT2D eigenvalue weighted by Gasteiger charge is -2.24. The van der Waals surface area contributed by atoms with E-state index in [-0.39, 0.29) is 12.1 Å². The minimum Gasteiger partial charge on any atom is -0.507 e. The Labute approximate surface area is 148 Å². The van der Waals surface area contributed by atoms with Gasteiger partial charge in [0, 0.05) is 31.9 Å². The minimum atomic E-state index is -0.0152. The van der Waals surface area contributed by atoms with Gasteiger partial charge in [-0.2, -0.15) is 5.10 Å². The summed E-state index contributed by atoms with van der Waals surface area (Å²) in [6, 6.07) is 4.05. The largest absolute Gasteiger partial charge is 0.507 e. The van der Waals surface area contributed by atoms with E-state index in [2.05, 4.69) is 10.4 Å². The molecule has 2 amide bonds. The molecule has 3 rings (SSSR count). The van der Waals surface area contributed by atoms with Gasteiger partial charge in [0.2, 0.25) is 0 Å². The predicted molar refractivity (Wildman–Crippen MR) is 96.6 cm³/mol. The van der Waals surface area contributed by atoms with Crippen LogP contribution in [0.5, 0.6) is 5.75 Å². The van der Waals surface area contributed by atoms with E-state index in [1.165, 1.54) is 0 Å². The molecular weight excluding hydrogens is 316 g/mol. The molecule has 0 radical (unpaired) electrons. The molecule has 2 aromatic rings. The smallest absolute Gasteiger partial charge is 0.317 e. The van der Waals surface area contributed by atoms with Crippen molar-refractivity contribution >= 4 is 6.03 Å². The number of aromatic nitrogens is 2. The molecule has 134 valence electrons. The minimum absolute atomic E-state index is 0.0152. The van der Waals surface area contributed by atoms with Crippen LogP contribution in [-0.4, -0.2) is 38.9 Å². The first-order valence-corrected chi connectivity index (χ1v) is 8.78.